The van der Waals surface area contributed by atoms with Crippen LogP contribution in [0.15, 0.2) is 34.4 Å². The van der Waals surface area contributed by atoms with Gasteiger partial charge in [0.25, 0.3) is 0 Å². The fourth-order valence-electron chi connectivity index (χ4n) is 2.69. The quantitative estimate of drug-likeness (QED) is 0.544. The minimum Gasteiger partial charge on any atom is -0.0761 e. The Labute approximate surface area is 112 Å². The van der Waals surface area contributed by atoms with E-state index in [0.717, 1.165) is 0 Å². The van der Waals surface area contributed by atoms with Crippen LogP contribution in [-0.2, 0) is 0 Å². The summed E-state index contributed by atoms with van der Waals surface area (Å²) in [5.74, 6) is 6.88. The van der Waals surface area contributed by atoms with Crippen molar-refractivity contribution in [3.63, 3.8) is 0 Å². The van der Waals surface area contributed by atoms with E-state index in [1.807, 2.05) is 0 Å². The molecule has 18 heavy (non-hydrogen) atoms. The lowest BCUT2D eigenvalue weighted by atomic mass is 9.90. The van der Waals surface area contributed by atoms with Crippen molar-refractivity contribution in [2.24, 2.45) is 0 Å². The SMILES string of the molecule is CC(C)=CC1=C(C#CC2=CCCCC2)CCCC1. The van der Waals surface area contributed by atoms with Crippen molar-refractivity contribution in [3.05, 3.63) is 34.4 Å². The highest BCUT2D eigenvalue weighted by atomic mass is 14.1. The van der Waals surface area contributed by atoms with Crippen LogP contribution in [-0.4, -0.2) is 0 Å². The molecule has 0 bridgehead atoms. The zero-order valence-corrected chi connectivity index (χ0v) is 11.8. The Balaban J connectivity index is 2.18. The summed E-state index contributed by atoms with van der Waals surface area (Å²) in [4.78, 5) is 0. The Hall–Kier alpha value is -1.22. The predicted octanol–water partition coefficient (Wildman–Crippen LogP) is 5.33. The van der Waals surface area contributed by atoms with Gasteiger partial charge in [-0.3, -0.25) is 0 Å². The molecule has 0 N–H and O–H groups in total. The van der Waals surface area contributed by atoms with E-state index >= 15 is 0 Å². The van der Waals surface area contributed by atoms with Gasteiger partial charge in [0, 0.05) is 5.57 Å². The highest BCUT2D eigenvalue weighted by molar-refractivity contribution is 5.45. The van der Waals surface area contributed by atoms with Crippen LogP contribution in [0.5, 0.6) is 0 Å². The van der Waals surface area contributed by atoms with Crippen LogP contribution < -0.4 is 0 Å². The molecule has 0 spiro atoms. The fraction of sp³-hybridized carbons (Fsp3) is 0.556. The van der Waals surface area contributed by atoms with Crippen molar-refractivity contribution >= 4 is 0 Å². The molecule has 0 amide bonds. The Morgan fingerprint density at radius 2 is 1.78 bits per heavy atom. The summed E-state index contributed by atoms with van der Waals surface area (Å²) in [7, 11) is 0. The van der Waals surface area contributed by atoms with E-state index in [9.17, 15) is 0 Å². The number of rotatable bonds is 1. The highest BCUT2D eigenvalue weighted by Gasteiger charge is 2.09. The highest BCUT2D eigenvalue weighted by Crippen LogP contribution is 2.26. The molecule has 0 aromatic carbocycles. The maximum absolute atomic E-state index is 3.46. The molecule has 2 aliphatic rings. The Morgan fingerprint density at radius 1 is 1.00 bits per heavy atom. The summed E-state index contributed by atoms with van der Waals surface area (Å²) in [6.45, 7) is 4.35. The van der Waals surface area contributed by atoms with Gasteiger partial charge in [-0.1, -0.05) is 29.6 Å². The molecule has 0 saturated carbocycles. The smallest absolute Gasteiger partial charge is 0.00559 e. The van der Waals surface area contributed by atoms with E-state index in [0.29, 0.717) is 0 Å². The van der Waals surface area contributed by atoms with Crippen molar-refractivity contribution < 1.29 is 0 Å². The lowest BCUT2D eigenvalue weighted by Gasteiger charge is -2.14. The Morgan fingerprint density at radius 3 is 2.50 bits per heavy atom. The van der Waals surface area contributed by atoms with E-state index < -0.39 is 0 Å². The van der Waals surface area contributed by atoms with Crippen molar-refractivity contribution in [2.75, 3.05) is 0 Å². The number of hydrogen-bond acceptors (Lipinski definition) is 0. The molecular formula is C18H24. The number of allylic oxidation sites excluding steroid dienone is 6. The standard InChI is InChI=1S/C18H24/c1-15(2)14-18-11-7-6-10-17(18)13-12-16-8-4-3-5-9-16/h8,14H,3-7,9-11H2,1-2H3. The van der Waals surface area contributed by atoms with Crippen molar-refractivity contribution in [2.45, 2.75) is 65.2 Å². The molecule has 0 heterocycles. The molecule has 0 aromatic heterocycles. The first-order chi connectivity index (χ1) is 8.75. The lowest BCUT2D eigenvalue weighted by molar-refractivity contribution is 0.695. The Bertz CT molecular complexity index is 442. The molecule has 2 rings (SSSR count). The summed E-state index contributed by atoms with van der Waals surface area (Å²) in [5.41, 5.74) is 5.65. The molecule has 0 aromatic rings. The second kappa shape index (κ2) is 6.64. The fourth-order valence-corrected chi connectivity index (χ4v) is 2.69. The predicted molar refractivity (Wildman–Crippen MR) is 79.3 cm³/mol. The molecule has 0 aliphatic heterocycles. The summed E-state index contributed by atoms with van der Waals surface area (Å²) < 4.78 is 0. The third-order valence-corrected chi connectivity index (χ3v) is 3.64. The monoisotopic (exact) mass is 240 g/mol. The first-order valence-electron chi connectivity index (χ1n) is 7.33. The second-order valence-corrected chi connectivity index (χ2v) is 5.66. The van der Waals surface area contributed by atoms with Crippen LogP contribution in [0.4, 0.5) is 0 Å². The van der Waals surface area contributed by atoms with Crippen LogP contribution in [0.25, 0.3) is 0 Å². The van der Waals surface area contributed by atoms with Gasteiger partial charge in [-0.2, -0.15) is 0 Å². The summed E-state index contributed by atoms with van der Waals surface area (Å²) in [6.07, 6.45) is 14.8. The molecule has 2 aliphatic carbocycles. The van der Waals surface area contributed by atoms with Gasteiger partial charge in [-0.15, -0.1) is 0 Å². The van der Waals surface area contributed by atoms with Gasteiger partial charge < -0.3 is 0 Å². The minimum atomic E-state index is 1.18. The van der Waals surface area contributed by atoms with Gasteiger partial charge in [-0.25, -0.2) is 0 Å². The molecule has 0 radical (unpaired) electrons. The molecule has 0 atom stereocenters. The zero-order valence-electron chi connectivity index (χ0n) is 11.8. The van der Waals surface area contributed by atoms with E-state index in [-0.39, 0.29) is 0 Å². The molecule has 0 saturated heterocycles. The van der Waals surface area contributed by atoms with Crippen molar-refractivity contribution in [1.29, 1.82) is 0 Å². The van der Waals surface area contributed by atoms with Gasteiger partial charge >= 0.3 is 0 Å². The molecule has 96 valence electrons. The minimum absolute atomic E-state index is 1.18. The third-order valence-electron chi connectivity index (χ3n) is 3.64. The summed E-state index contributed by atoms with van der Waals surface area (Å²) in [5, 5.41) is 0. The van der Waals surface area contributed by atoms with Gasteiger partial charge in [-0.05, 0) is 76.4 Å². The lowest BCUT2D eigenvalue weighted by Crippen LogP contribution is -1.97. The van der Waals surface area contributed by atoms with Gasteiger partial charge in [0.2, 0.25) is 0 Å². The average Bonchev–Trinajstić information content (AvgIpc) is 2.38. The zero-order chi connectivity index (χ0) is 12.8. The molecule has 0 nitrogen and oxygen atoms in total. The molecule has 0 heteroatoms. The van der Waals surface area contributed by atoms with Crippen LogP contribution >= 0.6 is 0 Å². The van der Waals surface area contributed by atoms with Crippen LogP contribution in [0, 0.1) is 11.8 Å². The topological polar surface area (TPSA) is 0 Å². The van der Waals surface area contributed by atoms with Crippen LogP contribution in [0.3, 0.4) is 0 Å². The maximum Gasteiger partial charge on any atom is 0.00559 e. The van der Waals surface area contributed by atoms with Gasteiger partial charge in [0.15, 0.2) is 0 Å². The molecular weight excluding hydrogens is 216 g/mol. The van der Waals surface area contributed by atoms with E-state index in [1.54, 1.807) is 0 Å². The van der Waals surface area contributed by atoms with Crippen molar-refractivity contribution in [1.82, 2.24) is 0 Å². The maximum atomic E-state index is 3.46. The normalized spacial score (nSPS) is 19.8. The van der Waals surface area contributed by atoms with Gasteiger partial charge in [0.05, 0.1) is 0 Å². The number of hydrogen-bond donors (Lipinski definition) is 0. The van der Waals surface area contributed by atoms with E-state index in [4.69, 9.17) is 0 Å². The first-order valence-corrected chi connectivity index (χ1v) is 7.33. The largest absolute Gasteiger partial charge is 0.0761 e. The van der Waals surface area contributed by atoms with E-state index in [1.165, 1.54) is 73.7 Å². The average molecular weight is 240 g/mol. The third kappa shape index (κ3) is 3.91. The summed E-state index contributed by atoms with van der Waals surface area (Å²) in [6, 6.07) is 0. The molecule has 0 unspecified atom stereocenters. The van der Waals surface area contributed by atoms with Crippen LogP contribution in [0.1, 0.15) is 65.2 Å². The van der Waals surface area contributed by atoms with E-state index in [2.05, 4.69) is 37.8 Å². The summed E-state index contributed by atoms with van der Waals surface area (Å²) >= 11 is 0. The second-order valence-electron chi connectivity index (χ2n) is 5.66. The van der Waals surface area contributed by atoms with Crippen molar-refractivity contribution in [3.8, 4) is 11.8 Å². The molecule has 0 fully saturated rings. The van der Waals surface area contributed by atoms with Gasteiger partial charge in [0.1, 0.15) is 0 Å². The van der Waals surface area contributed by atoms with Crippen LogP contribution in [0.2, 0.25) is 0 Å². The first kappa shape index (κ1) is 13.2. The Kier molecular flexibility index (Phi) is 4.88.